The molecule has 0 unspecified atom stereocenters. The van der Waals surface area contributed by atoms with Gasteiger partial charge in [-0.1, -0.05) is 13.3 Å². The fraction of sp³-hybridized carbons (Fsp3) is 0.909. The molecule has 0 aromatic rings. The van der Waals surface area contributed by atoms with Crippen LogP contribution in [-0.4, -0.2) is 25.8 Å². The lowest BCUT2D eigenvalue weighted by Crippen LogP contribution is -2.16. The van der Waals surface area contributed by atoms with E-state index in [1.54, 1.807) is 0 Å². The van der Waals surface area contributed by atoms with Crippen molar-refractivity contribution in [2.24, 2.45) is 5.92 Å². The van der Waals surface area contributed by atoms with Gasteiger partial charge in [0.2, 0.25) is 0 Å². The summed E-state index contributed by atoms with van der Waals surface area (Å²) in [5.41, 5.74) is 0. The average molecular weight is 202 g/mol. The van der Waals surface area contributed by atoms with Crippen LogP contribution in [0.1, 0.15) is 40.0 Å². The molecular formula is C11H22O3. The summed E-state index contributed by atoms with van der Waals surface area (Å²) in [5, 5.41) is 0. The van der Waals surface area contributed by atoms with Crippen molar-refractivity contribution < 1.29 is 14.3 Å². The SMILES string of the molecule is CCC[C@@H](COCC)CC(=O)OCC. The summed E-state index contributed by atoms with van der Waals surface area (Å²) < 4.78 is 10.2. The minimum Gasteiger partial charge on any atom is -0.466 e. The number of rotatable bonds is 8. The minimum atomic E-state index is -0.106. The summed E-state index contributed by atoms with van der Waals surface area (Å²) >= 11 is 0. The monoisotopic (exact) mass is 202 g/mol. The Morgan fingerprint density at radius 2 is 1.93 bits per heavy atom. The van der Waals surface area contributed by atoms with Gasteiger partial charge in [-0.2, -0.15) is 0 Å². The Morgan fingerprint density at radius 3 is 2.43 bits per heavy atom. The van der Waals surface area contributed by atoms with Crippen molar-refractivity contribution in [3.8, 4) is 0 Å². The third kappa shape index (κ3) is 6.89. The van der Waals surface area contributed by atoms with Gasteiger partial charge in [0.25, 0.3) is 0 Å². The van der Waals surface area contributed by atoms with Gasteiger partial charge in [0.15, 0.2) is 0 Å². The topological polar surface area (TPSA) is 35.5 Å². The number of hydrogen-bond acceptors (Lipinski definition) is 3. The zero-order chi connectivity index (χ0) is 10.8. The van der Waals surface area contributed by atoms with Crippen LogP contribution in [0.4, 0.5) is 0 Å². The second-order valence-corrected chi connectivity index (χ2v) is 3.32. The lowest BCUT2D eigenvalue weighted by Gasteiger charge is -2.14. The predicted molar refractivity (Wildman–Crippen MR) is 56.1 cm³/mol. The van der Waals surface area contributed by atoms with E-state index in [2.05, 4.69) is 6.92 Å². The van der Waals surface area contributed by atoms with Crippen LogP contribution in [0.5, 0.6) is 0 Å². The number of esters is 1. The van der Waals surface area contributed by atoms with Crippen LogP contribution in [0.15, 0.2) is 0 Å². The molecule has 1 atom stereocenters. The number of carbonyl (C=O) groups excluding carboxylic acids is 1. The van der Waals surface area contributed by atoms with Crippen LogP contribution in [0.3, 0.4) is 0 Å². The maximum Gasteiger partial charge on any atom is 0.306 e. The summed E-state index contributed by atoms with van der Waals surface area (Å²) in [6.07, 6.45) is 2.59. The van der Waals surface area contributed by atoms with E-state index in [-0.39, 0.29) is 5.97 Å². The summed E-state index contributed by atoms with van der Waals surface area (Å²) in [6.45, 7) is 7.76. The molecule has 3 nitrogen and oxygen atoms in total. The molecule has 0 spiro atoms. The largest absolute Gasteiger partial charge is 0.466 e. The first kappa shape index (κ1) is 13.4. The molecular weight excluding hydrogens is 180 g/mol. The summed E-state index contributed by atoms with van der Waals surface area (Å²) in [7, 11) is 0. The van der Waals surface area contributed by atoms with Crippen LogP contribution in [0.2, 0.25) is 0 Å². The predicted octanol–water partition coefficient (Wildman–Crippen LogP) is 2.39. The highest BCUT2D eigenvalue weighted by Gasteiger charge is 2.13. The van der Waals surface area contributed by atoms with Gasteiger partial charge in [-0.3, -0.25) is 4.79 Å². The number of hydrogen-bond donors (Lipinski definition) is 0. The van der Waals surface area contributed by atoms with Gasteiger partial charge < -0.3 is 9.47 Å². The van der Waals surface area contributed by atoms with Gasteiger partial charge in [-0.25, -0.2) is 0 Å². The van der Waals surface area contributed by atoms with E-state index in [1.807, 2.05) is 13.8 Å². The molecule has 0 bridgehead atoms. The molecule has 0 radical (unpaired) electrons. The zero-order valence-electron chi connectivity index (χ0n) is 9.54. The van der Waals surface area contributed by atoms with Crippen LogP contribution in [0, 0.1) is 5.92 Å². The molecule has 0 heterocycles. The summed E-state index contributed by atoms with van der Waals surface area (Å²) in [6, 6.07) is 0. The molecule has 0 fully saturated rings. The van der Waals surface area contributed by atoms with Gasteiger partial charge in [0.05, 0.1) is 13.0 Å². The number of ether oxygens (including phenoxy) is 2. The highest BCUT2D eigenvalue weighted by atomic mass is 16.5. The normalized spacial score (nSPS) is 12.5. The van der Waals surface area contributed by atoms with Crippen molar-refractivity contribution in [2.75, 3.05) is 19.8 Å². The van der Waals surface area contributed by atoms with E-state index in [0.717, 1.165) is 12.8 Å². The molecule has 0 saturated carbocycles. The maximum absolute atomic E-state index is 11.2. The standard InChI is InChI=1S/C11H22O3/c1-4-7-10(9-13-5-2)8-11(12)14-6-3/h10H,4-9H2,1-3H3/t10-/m1/s1. The molecule has 0 aliphatic carbocycles. The van der Waals surface area contributed by atoms with E-state index in [4.69, 9.17) is 9.47 Å². The van der Waals surface area contributed by atoms with Gasteiger partial charge in [0.1, 0.15) is 0 Å². The van der Waals surface area contributed by atoms with E-state index in [0.29, 0.717) is 32.2 Å². The summed E-state index contributed by atoms with van der Waals surface area (Å²) in [5.74, 6) is 0.213. The van der Waals surface area contributed by atoms with Gasteiger partial charge in [0, 0.05) is 13.2 Å². The molecule has 0 aliphatic heterocycles. The Balaban J connectivity index is 3.75. The van der Waals surface area contributed by atoms with E-state index < -0.39 is 0 Å². The minimum absolute atomic E-state index is 0.106. The fourth-order valence-electron chi connectivity index (χ4n) is 1.39. The molecule has 14 heavy (non-hydrogen) atoms. The van der Waals surface area contributed by atoms with Gasteiger partial charge >= 0.3 is 5.97 Å². The third-order valence-corrected chi connectivity index (χ3v) is 2.02. The van der Waals surface area contributed by atoms with Crippen LogP contribution < -0.4 is 0 Å². The van der Waals surface area contributed by atoms with Gasteiger partial charge in [-0.05, 0) is 26.2 Å². The Bertz CT molecular complexity index is 145. The van der Waals surface area contributed by atoms with Crippen molar-refractivity contribution in [1.82, 2.24) is 0 Å². The molecule has 0 aromatic carbocycles. The highest BCUT2D eigenvalue weighted by molar-refractivity contribution is 5.69. The zero-order valence-corrected chi connectivity index (χ0v) is 9.54. The molecule has 0 saturated heterocycles. The second-order valence-electron chi connectivity index (χ2n) is 3.32. The molecule has 0 N–H and O–H groups in total. The first-order valence-corrected chi connectivity index (χ1v) is 5.47. The number of carbonyl (C=O) groups is 1. The molecule has 0 rings (SSSR count). The molecule has 0 aliphatic rings. The first-order chi connectivity index (χ1) is 6.74. The molecule has 0 aromatic heterocycles. The Kier molecular flexibility index (Phi) is 8.64. The van der Waals surface area contributed by atoms with Crippen molar-refractivity contribution in [1.29, 1.82) is 0 Å². The maximum atomic E-state index is 11.2. The van der Waals surface area contributed by atoms with Crippen molar-refractivity contribution in [3.05, 3.63) is 0 Å². The van der Waals surface area contributed by atoms with E-state index >= 15 is 0 Å². The first-order valence-electron chi connectivity index (χ1n) is 5.47. The van der Waals surface area contributed by atoms with Crippen LogP contribution >= 0.6 is 0 Å². The molecule has 3 heteroatoms. The smallest absolute Gasteiger partial charge is 0.306 e. The van der Waals surface area contributed by atoms with E-state index in [1.165, 1.54) is 0 Å². The van der Waals surface area contributed by atoms with Crippen molar-refractivity contribution in [2.45, 2.75) is 40.0 Å². The third-order valence-electron chi connectivity index (χ3n) is 2.02. The van der Waals surface area contributed by atoms with Crippen LogP contribution in [0.25, 0.3) is 0 Å². The summed E-state index contributed by atoms with van der Waals surface area (Å²) in [4.78, 5) is 11.2. The lowest BCUT2D eigenvalue weighted by atomic mass is 10.0. The highest BCUT2D eigenvalue weighted by Crippen LogP contribution is 2.12. The Labute approximate surface area is 86.8 Å². The Morgan fingerprint density at radius 1 is 1.21 bits per heavy atom. The van der Waals surface area contributed by atoms with Crippen LogP contribution in [-0.2, 0) is 14.3 Å². The van der Waals surface area contributed by atoms with Gasteiger partial charge in [-0.15, -0.1) is 0 Å². The second kappa shape index (κ2) is 9.00. The van der Waals surface area contributed by atoms with Crippen molar-refractivity contribution in [3.63, 3.8) is 0 Å². The fourth-order valence-corrected chi connectivity index (χ4v) is 1.39. The quantitative estimate of drug-likeness (QED) is 0.567. The lowest BCUT2D eigenvalue weighted by molar-refractivity contribution is -0.144. The Hall–Kier alpha value is -0.570. The average Bonchev–Trinajstić information content (AvgIpc) is 2.15. The molecule has 0 amide bonds. The van der Waals surface area contributed by atoms with Crippen molar-refractivity contribution >= 4 is 5.97 Å². The molecule has 84 valence electrons. The van der Waals surface area contributed by atoms with E-state index in [9.17, 15) is 4.79 Å².